The van der Waals surface area contributed by atoms with Crippen LogP contribution in [0.1, 0.15) is 32.7 Å². The smallest absolute Gasteiger partial charge is 0.339 e. The van der Waals surface area contributed by atoms with Crippen LogP contribution in [0.3, 0.4) is 0 Å². The number of benzene rings is 3. The third kappa shape index (κ3) is 5.61. The van der Waals surface area contributed by atoms with Crippen molar-refractivity contribution >= 4 is 117 Å². The minimum atomic E-state index is -0.833. The highest BCUT2D eigenvalue weighted by atomic mass is 79.9. The summed E-state index contributed by atoms with van der Waals surface area (Å²) in [6.07, 6.45) is 0.835. The van der Waals surface area contributed by atoms with Crippen molar-refractivity contribution in [2.75, 3.05) is 11.5 Å². The molecule has 1 aliphatic heterocycles. The van der Waals surface area contributed by atoms with Crippen molar-refractivity contribution in [2.45, 2.75) is 23.0 Å². The molecule has 4 aromatic rings. The van der Waals surface area contributed by atoms with E-state index in [0.29, 0.717) is 42.9 Å². The zero-order chi connectivity index (χ0) is 35.0. The molecule has 1 aromatic heterocycles. The van der Waals surface area contributed by atoms with Gasteiger partial charge in [-0.3, -0.25) is 29.4 Å². The first kappa shape index (κ1) is 34.2. The molecule has 0 N–H and O–H groups in total. The number of anilines is 1. The number of nitro groups is 1. The van der Waals surface area contributed by atoms with Crippen molar-refractivity contribution in [2.24, 2.45) is 23.7 Å². The molecule has 250 valence electrons. The van der Waals surface area contributed by atoms with Crippen LogP contribution in [0.2, 0.25) is 10.0 Å². The van der Waals surface area contributed by atoms with Crippen LogP contribution in [-0.4, -0.2) is 49.7 Å². The number of ketones is 1. The Balaban J connectivity index is 1.19. The number of aryl methyl sites for hydroxylation is 1. The summed E-state index contributed by atoms with van der Waals surface area (Å²) in [4.78, 5) is 70.4. The number of imide groups is 1. The topological polar surface area (TPSA) is 137 Å². The van der Waals surface area contributed by atoms with Crippen molar-refractivity contribution in [1.29, 1.82) is 0 Å². The number of aromatic nitrogens is 1. The molecule has 15 heteroatoms. The first-order valence-corrected chi connectivity index (χ1v) is 18.4. The molecule has 6 atom stereocenters. The average Bonchev–Trinajstić information content (AvgIpc) is 3.70. The normalized spacial score (nSPS) is 24.1. The number of halogens is 5. The van der Waals surface area contributed by atoms with Crippen LogP contribution in [0.15, 0.2) is 59.1 Å². The first-order valence-electron chi connectivity index (χ1n) is 15.0. The van der Waals surface area contributed by atoms with E-state index < -0.39 is 29.0 Å². The number of hydrogen-bond donors (Lipinski definition) is 0. The predicted octanol–water partition coefficient (Wildman–Crippen LogP) is 8.51. The molecule has 2 heterocycles. The van der Waals surface area contributed by atoms with Crippen LogP contribution in [0.4, 0.5) is 11.4 Å². The van der Waals surface area contributed by atoms with E-state index in [0.717, 1.165) is 12.5 Å². The number of fused-ring (bicyclic) bond motifs is 6. The van der Waals surface area contributed by atoms with E-state index in [1.807, 2.05) is 0 Å². The highest BCUT2D eigenvalue weighted by Gasteiger charge is 2.66. The van der Waals surface area contributed by atoms with Gasteiger partial charge in [-0.25, -0.2) is 9.78 Å². The van der Waals surface area contributed by atoms with Crippen molar-refractivity contribution in [3.05, 3.63) is 95.9 Å². The van der Waals surface area contributed by atoms with Crippen LogP contribution >= 0.6 is 71.0 Å². The lowest BCUT2D eigenvalue weighted by atomic mass is 9.81. The molecular weight excluding hydrogens is 873 g/mol. The number of esters is 1. The summed E-state index contributed by atoms with van der Waals surface area (Å²) in [5.41, 5.74) is 2.04. The number of carbonyl (C=O) groups excluding carboxylic acids is 4. The fraction of sp³-hybridized carbons (Fsp3) is 0.265. The van der Waals surface area contributed by atoms with Crippen LogP contribution in [0, 0.1) is 40.7 Å². The monoisotopic (exact) mass is 891 g/mol. The van der Waals surface area contributed by atoms with Gasteiger partial charge in [0, 0.05) is 36.7 Å². The lowest BCUT2D eigenvalue weighted by molar-refractivity contribution is -0.384. The highest BCUT2D eigenvalue weighted by molar-refractivity contribution is 9.12. The van der Waals surface area contributed by atoms with E-state index >= 15 is 0 Å². The average molecular weight is 895 g/mol. The maximum Gasteiger partial charge on any atom is 0.339 e. The van der Waals surface area contributed by atoms with Crippen molar-refractivity contribution < 1.29 is 28.8 Å². The second-order valence-corrected chi connectivity index (χ2v) is 16.0. The molecule has 10 nitrogen and oxygen atoms in total. The second kappa shape index (κ2) is 12.8. The van der Waals surface area contributed by atoms with Gasteiger partial charge in [-0.05, 0) is 83.1 Å². The largest absolute Gasteiger partial charge is 0.454 e. The fourth-order valence-corrected chi connectivity index (χ4v) is 10.0. The van der Waals surface area contributed by atoms with Gasteiger partial charge in [-0.1, -0.05) is 67.2 Å². The Morgan fingerprint density at radius 1 is 1.00 bits per heavy atom. The molecule has 0 spiro atoms. The summed E-state index contributed by atoms with van der Waals surface area (Å²) in [5.74, 6) is -2.38. The minimum Gasteiger partial charge on any atom is -0.454 e. The molecule has 2 aliphatic carbocycles. The summed E-state index contributed by atoms with van der Waals surface area (Å²) >= 11 is 23.2. The molecule has 1 saturated heterocycles. The van der Waals surface area contributed by atoms with Gasteiger partial charge >= 0.3 is 5.97 Å². The van der Waals surface area contributed by atoms with Gasteiger partial charge in [0.15, 0.2) is 6.61 Å². The molecule has 3 aliphatic rings. The molecule has 3 fully saturated rings. The van der Waals surface area contributed by atoms with E-state index in [1.54, 1.807) is 37.3 Å². The van der Waals surface area contributed by atoms with Crippen molar-refractivity contribution in [3.8, 4) is 11.3 Å². The van der Waals surface area contributed by atoms with Crippen LogP contribution in [0.5, 0.6) is 0 Å². The Bertz CT molecular complexity index is 2120. The number of nitro benzene ring substituents is 1. The Morgan fingerprint density at radius 2 is 1.63 bits per heavy atom. The number of nitrogens with zero attached hydrogens (tertiary/aromatic N) is 3. The van der Waals surface area contributed by atoms with Gasteiger partial charge in [0.25, 0.3) is 5.69 Å². The molecule has 2 bridgehead atoms. The van der Waals surface area contributed by atoms with Gasteiger partial charge in [0.2, 0.25) is 17.6 Å². The van der Waals surface area contributed by atoms with E-state index in [4.69, 9.17) is 32.9 Å². The predicted molar refractivity (Wildman–Crippen MR) is 194 cm³/mol. The van der Waals surface area contributed by atoms with Gasteiger partial charge in [0.05, 0.1) is 44.2 Å². The molecule has 2 amide bonds. The Morgan fingerprint density at radius 3 is 2.24 bits per heavy atom. The standard InChI is InChI=1S/C34H22Br3Cl2N3O7/c1-13-30(39)21(35)10-17-18(34(46)49-12-25(43)15-4-7-22(38)24(8-15)42(47)48)11-23(40-31(13)17)14-2-5-16(6-3-14)41-32(44)26-19-9-20(27(26)33(41)45)29(37)28(19)36/h2-8,10-11,19-20,26-29H,9,12H2,1H3. The summed E-state index contributed by atoms with van der Waals surface area (Å²) in [6, 6.07) is 13.5. The van der Waals surface area contributed by atoms with E-state index in [2.05, 4.69) is 47.8 Å². The Kier molecular flexibility index (Phi) is 8.96. The molecule has 3 aromatic carbocycles. The number of rotatable bonds is 7. The number of ether oxygens (including phenoxy) is 1. The number of alkyl halides is 2. The summed E-state index contributed by atoms with van der Waals surface area (Å²) < 4.78 is 5.93. The van der Waals surface area contributed by atoms with Crippen molar-refractivity contribution in [1.82, 2.24) is 4.98 Å². The zero-order valence-electron chi connectivity index (χ0n) is 25.2. The number of Topliss-reactive ketones (excluding diaryl/α,β-unsaturated/α-hetero) is 1. The second-order valence-electron chi connectivity index (χ2n) is 12.2. The number of pyridine rings is 1. The zero-order valence-corrected chi connectivity index (χ0v) is 31.4. The van der Waals surface area contributed by atoms with Gasteiger partial charge in [-0.15, -0.1) is 0 Å². The maximum atomic E-state index is 13.5. The van der Waals surface area contributed by atoms with Crippen LogP contribution in [0.25, 0.3) is 22.2 Å². The van der Waals surface area contributed by atoms with E-state index in [1.165, 1.54) is 23.1 Å². The Labute approximate surface area is 314 Å². The summed E-state index contributed by atoms with van der Waals surface area (Å²) in [6.45, 7) is 1.07. The van der Waals surface area contributed by atoms with Crippen LogP contribution < -0.4 is 4.90 Å². The lowest BCUT2D eigenvalue weighted by Crippen LogP contribution is -2.37. The number of amides is 2. The quantitative estimate of drug-likeness (QED) is 0.0450. The maximum absolute atomic E-state index is 13.5. The number of carbonyl (C=O) groups is 4. The first-order chi connectivity index (χ1) is 23.3. The van der Waals surface area contributed by atoms with E-state index in [9.17, 15) is 29.3 Å². The van der Waals surface area contributed by atoms with E-state index in [-0.39, 0.29) is 61.3 Å². The van der Waals surface area contributed by atoms with Crippen molar-refractivity contribution in [3.63, 3.8) is 0 Å². The summed E-state index contributed by atoms with van der Waals surface area (Å²) in [5, 5.41) is 12.0. The minimum absolute atomic E-state index is 0.0418. The van der Waals surface area contributed by atoms with Crippen LogP contribution in [-0.2, 0) is 14.3 Å². The molecule has 49 heavy (non-hydrogen) atoms. The summed E-state index contributed by atoms with van der Waals surface area (Å²) in [7, 11) is 0. The molecular formula is C34H22Br3Cl2N3O7. The lowest BCUT2D eigenvalue weighted by Gasteiger charge is -2.28. The van der Waals surface area contributed by atoms with Gasteiger partial charge < -0.3 is 4.74 Å². The highest BCUT2D eigenvalue weighted by Crippen LogP contribution is 2.60. The molecule has 0 radical (unpaired) electrons. The number of hydrogen-bond acceptors (Lipinski definition) is 8. The molecule has 7 rings (SSSR count). The molecule has 6 unspecified atom stereocenters. The van der Waals surface area contributed by atoms with Gasteiger partial charge in [-0.2, -0.15) is 0 Å². The third-order valence-electron chi connectivity index (χ3n) is 9.65. The SMILES string of the molecule is Cc1c(Cl)c(Br)cc2c(C(=O)OCC(=O)c3ccc(Cl)c([N+](=O)[O-])c3)cc(-c3ccc(N4C(=O)C5C6CC(C(Br)C6Br)C5C4=O)cc3)nc12. The van der Waals surface area contributed by atoms with Gasteiger partial charge in [0.1, 0.15) is 5.02 Å². The Hall–Kier alpha value is -3.23. The molecule has 2 saturated carbocycles. The fourth-order valence-electron chi connectivity index (χ4n) is 7.28. The third-order valence-corrected chi connectivity index (χ3v) is 14.5.